The van der Waals surface area contributed by atoms with Crippen molar-refractivity contribution in [2.75, 3.05) is 20.2 Å². The second kappa shape index (κ2) is 5.93. The van der Waals surface area contributed by atoms with Crippen LogP contribution in [0.4, 0.5) is 0 Å². The molecule has 21 heavy (non-hydrogen) atoms. The number of carbonyl (C=O) groups is 1. The van der Waals surface area contributed by atoms with Crippen LogP contribution < -0.4 is 4.74 Å². The smallest absolute Gasteiger partial charge is 0.310 e. The molecule has 2 unspecified atom stereocenters. The van der Waals surface area contributed by atoms with Crippen molar-refractivity contribution in [3.63, 3.8) is 0 Å². The molecule has 2 atom stereocenters. The lowest BCUT2D eigenvalue weighted by atomic mass is 9.81. The fraction of sp³-hybridized carbons (Fsp3) is 0.562. The predicted octanol–water partition coefficient (Wildman–Crippen LogP) is 2.65. The van der Waals surface area contributed by atoms with E-state index in [0.717, 1.165) is 18.5 Å². The van der Waals surface area contributed by atoms with Crippen LogP contribution in [0.25, 0.3) is 0 Å². The van der Waals surface area contributed by atoms with Gasteiger partial charge >= 0.3 is 5.97 Å². The van der Waals surface area contributed by atoms with Crippen LogP contribution in [0.15, 0.2) is 18.2 Å². The maximum absolute atomic E-state index is 11.4. The third-order valence-corrected chi connectivity index (χ3v) is 4.48. The van der Waals surface area contributed by atoms with Gasteiger partial charge in [0.1, 0.15) is 0 Å². The monoisotopic (exact) mass is 293 g/mol. The summed E-state index contributed by atoms with van der Waals surface area (Å²) < 4.78 is 5.14. The summed E-state index contributed by atoms with van der Waals surface area (Å²) in [6.45, 7) is 5.28. The van der Waals surface area contributed by atoms with Gasteiger partial charge in [0.25, 0.3) is 0 Å². The summed E-state index contributed by atoms with van der Waals surface area (Å²) in [5, 5.41) is 19.1. The van der Waals surface area contributed by atoms with Crippen molar-refractivity contribution in [3.05, 3.63) is 23.8 Å². The van der Waals surface area contributed by atoms with E-state index in [4.69, 9.17) is 4.74 Å². The lowest BCUT2D eigenvalue weighted by molar-refractivity contribution is -0.151. The maximum Gasteiger partial charge on any atom is 0.310 e. The molecule has 1 aromatic rings. The largest absolute Gasteiger partial charge is 0.504 e. The van der Waals surface area contributed by atoms with Gasteiger partial charge in [0.15, 0.2) is 11.5 Å². The second-order valence-corrected chi connectivity index (χ2v) is 6.05. The molecular weight excluding hydrogens is 270 g/mol. The number of carboxylic acids is 1. The van der Waals surface area contributed by atoms with Crippen LogP contribution in [0.1, 0.15) is 38.3 Å². The standard InChI is InChI=1S/C16H23NO4/c1-11(12-5-6-13(18)14(9-12)21-3)17-8-4-7-16(2,10-17)15(19)20/h5-6,9,11,18H,4,7-8,10H2,1-3H3,(H,19,20). The first-order valence-electron chi connectivity index (χ1n) is 7.22. The SMILES string of the molecule is COc1cc(C(C)N2CCCC(C)(C(=O)O)C2)ccc1O. The fourth-order valence-corrected chi connectivity index (χ4v) is 2.95. The number of hydrogen-bond acceptors (Lipinski definition) is 4. The first-order valence-corrected chi connectivity index (χ1v) is 7.22. The second-order valence-electron chi connectivity index (χ2n) is 6.05. The molecular formula is C16H23NO4. The number of hydrogen-bond donors (Lipinski definition) is 2. The van der Waals surface area contributed by atoms with Crippen LogP contribution in [0.3, 0.4) is 0 Å². The number of carboxylic acid groups (broad SMARTS) is 1. The summed E-state index contributed by atoms with van der Waals surface area (Å²) in [7, 11) is 1.52. The van der Waals surface area contributed by atoms with Crippen molar-refractivity contribution >= 4 is 5.97 Å². The Hall–Kier alpha value is -1.75. The molecule has 1 saturated heterocycles. The van der Waals surface area contributed by atoms with E-state index in [2.05, 4.69) is 11.8 Å². The third-order valence-electron chi connectivity index (χ3n) is 4.48. The van der Waals surface area contributed by atoms with Crippen molar-refractivity contribution in [2.45, 2.75) is 32.7 Å². The van der Waals surface area contributed by atoms with Gasteiger partial charge in [-0.25, -0.2) is 0 Å². The van der Waals surface area contributed by atoms with E-state index >= 15 is 0 Å². The molecule has 1 aliphatic rings. The summed E-state index contributed by atoms with van der Waals surface area (Å²) in [4.78, 5) is 13.6. The minimum absolute atomic E-state index is 0.0819. The minimum atomic E-state index is -0.734. The Balaban J connectivity index is 2.19. The maximum atomic E-state index is 11.4. The summed E-state index contributed by atoms with van der Waals surface area (Å²) in [5.41, 5.74) is 0.326. The van der Waals surface area contributed by atoms with Gasteiger partial charge in [0.2, 0.25) is 0 Å². The summed E-state index contributed by atoms with van der Waals surface area (Å²) in [6, 6.07) is 5.37. The highest BCUT2D eigenvalue weighted by Crippen LogP contribution is 2.36. The molecule has 0 amide bonds. The average Bonchev–Trinajstić information content (AvgIpc) is 2.47. The molecule has 1 heterocycles. The first-order chi connectivity index (χ1) is 9.87. The van der Waals surface area contributed by atoms with Crippen molar-refractivity contribution in [1.82, 2.24) is 4.90 Å². The third kappa shape index (κ3) is 3.13. The number of phenols is 1. The van der Waals surface area contributed by atoms with Crippen molar-refractivity contribution < 1.29 is 19.7 Å². The molecule has 5 heteroatoms. The Labute approximate surface area is 125 Å². The molecule has 0 spiro atoms. The van der Waals surface area contributed by atoms with Crippen LogP contribution in [0.2, 0.25) is 0 Å². The van der Waals surface area contributed by atoms with Gasteiger partial charge in [-0.05, 0) is 50.9 Å². The summed E-state index contributed by atoms with van der Waals surface area (Å²) in [6.07, 6.45) is 1.59. The Bertz CT molecular complexity index is 531. The first kappa shape index (κ1) is 15.6. The predicted molar refractivity (Wildman–Crippen MR) is 79.6 cm³/mol. The van der Waals surface area contributed by atoms with Crippen molar-refractivity contribution in [3.8, 4) is 11.5 Å². The molecule has 0 bridgehead atoms. The lowest BCUT2D eigenvalue weighted by Crippen LogP contribution is -2.46. The van der Waals surface area contributed by atoms with Crippen LogP contribution in [0, 0.1) is 5.41 Å². The van der Waals surface area contributed by atoms with Gasteiger partial charge in [-0.15, -0.1) is 0 Å². The Kier molecular flexibility index (Phi) is 4.42. The number of nitrogens with zero attached hydrogens (tertiary/aromatic N) is 1. The zero-order valence-corrected chi connectivity index (χ0v) is 12.8. The van der Waals surface area contributed by atoms with Crippen LogP contribution in [0.5, 0.6) is 11.5 Å². The molecule has 1 fully saturated rings. The zero-order valence-electron chi connectivity index (χ0n) is 12.8. The molecule has 0 aromatic heterocycles. The average molecular weight is 293 g/mol. The molecule has 2 rings (SSSR count). The molecule has 1 aromatic carbocycles. The number of phenolic OH excluding ortho intramolecular Hbond substituents is 1. The Morgan fingerprint density at radius 3 is 2.81 bits per heavy atom. The van der Waals surface area contributed by atoms with Crippen molar-refractivity contribution in [1.29, 1.82) is 0 Å². The van der Waals surface area contributed by atoms with E-state index < -0.39 is 11.4 Å². The molecule has 0 saturated carbocycles. The normalized spacial score (nSPS) is 24.5. The zero-order chi connectivity index (χ0) is 15.6. The highest BCUT2D eigenvalue weighted by molar-refractivity contribution is 5.74. The number of aromatic hydroxyl groups is 1. The highest BCUT2D eigenvalue weighted by Gasteiger charge is 2.39. The summed E-state index contributed by atoms with van der Waals surface area (Å²) in [5.74, 6) is -0.178. The van der Waals surface area contributed by atoms with Gasteiger partial charge in [0, 0.05) is 12.6 Å². The molecule has 5 nitrogen and oxygen atoms in total. The van der Waals surface area contributed by atoms with E-state index in [9.17, 15) is 15.0 Å². The topological polar surface area (TPSA) is 70.0 Å². The van der Waals surface area contributed by atoms with Gasteiger partial charge in [0.05, 0.1) is 12.5 Å². The number of piperidine rings is 1. The van der Waals surface area contributed by atoms with E-state index in [1.807, 2.05) is 19.1 Å². The van der Waals surface area contributed by atoms with E-state index in [0.29, 0.717) is 18.7 Å². The number of likely N-dealkylation sites (tertiary alicyclic amines) is 1. The Morgan fingerprint density at radius 2 is 2.19 bits per heavy atom. The van der Waals surface area contributed by atoms with E-state index in [1.54, 1.807) is 6.07 Å². The Morgan fingerprint density at radius 1 is 1.48 bits per heavy atom. The minimum Gasteiger partial charge on any atom is -0.504 e. The fourth-order valence-electron chi connectivity index (χ4n) is 2.95. The van der Waals surface area contributed by atoms with Crippen molar-refractivity contribution in [2.24, 2.45) is 5.41 Å². The van der Waals surface area contributed by atoms with Gasteiger partial charge in [-0.3, -0.25) is 9.69 Å². The molecule has 2 N–H and O–H groups in total. The molecule has 0 aliphatic carbocycles. The quantitative estimate of drug-likeness (QED) is 0.893. The van der Waals surface area contributed by atoms with E-state index in [1.165, 1.54) is 7.11 Å². The summed E-state index contributed by atoms with van der Waals surface area (Å²) >= 11 is 0. The van der Waals surface area contributed by atoms with Gasteiger partial charge < -0.3 is 14.9 Å². The van der Waals surface area contributed by atoms with E-state index in [-0.39, 0.29) is 11.8 Å². The number of benzene rings is 1. The number of rotatable bonds is 4. The van der Waals surface area contributed by atoms with Crippen LogP contribution >= 0.6 is 0 Å². The number of aliphatic carboxylic acids is 1. The molecule has 116 valence electrons. The van der Waals surface area contributed by atoms with Gasteiger partial charge in [-0.1, -0.05) is 6.07 Å². The van der Waals surface area contributed by atoms with Crippen LogP contribution in [-0.4, -0.2) is 41.3 Å². The van der Waals surface area contributed by atoms with Crippen LogP contribution in [-0.2, 0) is 4.79 Å². The molecule has 0 radical (unpaired) electrons. The van der Waals surface area contributed by atoms with Gasteiger partial charge in [-0.2, -0.15) is 0 Å². The lowest BCUT2D eigenvalue weighted by Gasteiger charge is -2.40. The number of methoxy groups -OCH3 is 1. The molecule has 1 aliphatic heterocycles. The highest BCUT2D eigenvalue weighted by atomic mass is 16.5. The number of ether oxygens (including phenoxy) is 1.